The van der Waals surface area contributed by atoms with E-state index in [1.54, 1.807) is 0 Å². The first-order valence-corrected chi connectivity index (χ1v) is 8.10. The minimum absolute atomic E-state index is 0.316. The number of hydrogen-bond acceptors (Lipinski definition) is 2. The molecule has 0 fully saturated rings. The highest BCUT2D eigenvalue weighted by Gasteiger charge is 2.14. The predicted molar refractivity (Wildman–Crippen MR) is 98.0 cm³/mol. The second-order valence-corrected chi connectivity index (χ2v) is 5.67. The van der Waals surface area contributed by atoms with E-state index in [0.717, 1.165) is 28.7 Å². The minimum Gasteiger partial charge on any atom is -0.465 e. The smallest absolute Gasteiger partial charge is 0.338 e. The van der Waals surface area contributed by atoms with E-state index >= 15 is 0 Å². The van der Waals surface area contributed by atoms with Gasteiger partial charge in [-0.1, -0.05) is 67.6 Å². The van der Waals surface area contributed by atoms with Crippen molar-refractivity contribution in [2.45, 2.75) is 13.3 Å². The summed E-state index contributed by atoms with van der Waals surface area (Å²) in [6.07, 6.45) is 0.994. The Bertz CT molecular complexity index is 834. The van der Waals surface area contributed by atoms with Crippen molar-refractivity contribution in [2.24, 2.45) is 0 Å². The minimum atomic E-state index is -0.316. The van der Waals surface area contributed by atoms with E-state index in [1.807, 2.05) is 30.3 Å². The summed E-state index contributed by atoms with van der Waals surface area (Å²) < 4.78 is 4.95. The average Bonchev–Trinajstić information content (AvgIpc) is 2.67. The molecular weight excluding hydrogens is 296 g/mol. The van der Waals surface area contributed by atoms with Crippen LogP contribution >= 0.6 is 0 Å². The standard InChI is InChI=1S/C22H20O2/c1-3-16-9-11-18(12-10-16)21-15-19(17-7-5-4-6-8-17)13-14-20(21)22(23)24-2/h4-15H,3H2,1-2H3. The van der Waals surface area contributed by atoms with Crippen LogP contribution in [0.15, 0.2) is 72.8 Å². The van der Waals surface area contributed by atoms with Crippen LogP contribution in [0.25, 0.3) is 22.3 Å². The molecular formula is C22H20O2. The number of rotatable bonds is 4. The summed E-state index contributed by atoms with van der Waals surface area (Å²) in [4.78, 5) is 12.2. The maximum atomic E-state index is 12.2. The maximum Gasteiger partial charge on any atom is 0.338 e. The summed E-state index contributed by atoms with van der Waals surface area (Å²) in [6.45, 7) is 2.13. The third-order valence-corrected chi connectivity index (χ3v) is 4.21. The molecule has 0 aliphatic carbocycles. The Morgan fingerprint density at radius 3 is 2.12 bits per heavy atom. The van der Waals surface area contributed by atoms with Gasteiger partial charge < -0.3 is 4.74 Å². The average molecular weight is 316 g/mol. The lowest BCUT2D eigenvalue weighted by molar-refractivity contribution is 0.0601. The Morgan fingerprint density at radius 2 is 1.50 bits per heavy atom. The molecule has 0 aliphatic heterocycles. The fourth-order valence-corrected chi connectivity index (χ4v) is 2.80. The third kappa shape index (κ3) is 3.23. The van der Waals surface area contributed by atoms with E-state index in [4.69, 9.17) is 4.74 Å². The van der Waals surface area contributed by atoms with Crippen molar-refractivity contribution in [1.29, 1.82) is 0 Å². The Kier molecular flexibility index (Phi) is 4.76. The van der Waals surface area contributed by atoms with E-state index in [2.05, 4.69) is 49.4 Å². The Labute approximate surface area is 142 Å². The van der Waals surface area contributed by atoms with Gasteiger partial charge in [0.05, 0.1) is 12.7 Å². The molecule has 0 saturated heterocycles. The van der Waals surface area contributed by atoms with Gasteiger partial charge in [0.15, 0.2) is 0 Å². The van der Waals surface area contributed by atoms with Crippen molar-refractivity contribution in [3.63, 3.8) is 0 Å². The van der Waals surface area contributed by atoms with Crippen LogP contribution in [-0.4, -0.2) is 13.1 Å². The molecule has 0 spiro atoms. The van der Waals surface area contributed by atoms with Crippen LogP contribution in [0.1, 0.15) is 22.8 Å². The molecule has 0 aromatic heterocycles. The molecule has 0 atom stereocenters. The van der Waals surface area contributed by atoms with Gasteiger partial charge >= 0.3 is 5.97 Å². The summed E-state index contributed by atoms with van der Waals surface area (Å²) in [7, 11) is 1.41. The largest absolute Gasteiger partial charge is 0.465 e. The number of esters is 1. The zero-order valence-corrected chi connectivity index (χ0v) is 14.0. The topological polar surface area (TPSA) is 26.3 Å². The quantitative estimate of drug-likeness (QED) is 0.605. The van der Waals surface area contributed by atoms with Crippen molar-refractivity contribution in [3.05, 3.63) is 83.9 Å². The van der Waals surface area contributed by atoms with Gasteiger partial charge in [0.1, 0.15) is 0 Å². The molecule has 120 valence electrons. The molecule has 0 heterocycles. The normalized spacial score (nSPS) is 10.4. The van der Waals surface area contributed by atoms with Gasteiger partial charge in [0.25, 0.3) is 0 Å². The lowest BCUT2D eigenvalue weighted by Crippen LogP contribution is -2.03. The van der Waals surface area contributed by atoms with Crippen LogP contribution in [0.2, 0.25) is 0 Å². The first-order valence-electron chi connectivity index (χ1n) is 8.10. The van der Waals surface area contributed by atoms with E-state index in [-0.39, 0.29) is 5.97 Å². The maximum absolute atomic E-state index is 12.2. The summed E-state index contributed by atoms with van der Waals surface area (Å²) in [5.74, 6) is -0.316. The van der Waals surface area contributed by atoms with Crippen molar-refractivity contribution in [2.75, 3.05) is 7.11 Å². The second-order valence-electron chi connectivity index (χ2n) is 5.67. The van der Waals surface area contributed by atoms with Gasteiger partial charge in [-0.2, -0.15) is 0 Å². The molecule has 3 rings (SSSR count). The number of methoxy groups -OCH3 is 1. The van der Waals surface area contributed by atoms with Crippen molar-refractivity contribution in [3.8, 4) is 22.3 Å². The number of carbonyl (C=O) groups excluding carboxylic acids is 1. The lowest BCUT2D eigenvalue weighted by Gasteiger charge is -2.12. The van der Waals surface area contributed by atoms with Crippen molar-refractivity contribution < 1.29 is 9.53 Å². The second kappa shape index (κ2) is 7.14. The number of aryl methyl sites for hydroxylation is 1. The molecule has 24 heavy (non-hydrogen) atoms. The van der Waals surface area contributed by atoms with E-state index in [1.165, 1.54) is 12.7 Å². The van der Waals surface area contributed by atoms with Crippen LogP contribution in [-0.2, 0) is 11.2 Å². The Morgan fingerprint density at radius 1 is 0.833 bits per heavy atom. The SMILES string of the molecule is CCc1ccc(-c2cc(-c3ccccc3)ccc2C(=O)OC)cc1. The van der Waals surface area contributed by atoms with E-state index in [9.17, 15) is 4.79 Å². The fourth-order valence-electron chi connectivity index (χ4n) is 2.80. The summed E-state index contributed by atoms with van der Waals surface area (Å²) >= 11 is 0. The van der Waals surface area contributed by atoms with Crippen LogP contribution in [0, 0.1) is 0 Å². The summed E-state index contributed by atoms with van der Waals surface area (Å²) in [5, 5.41) is 0. The molecule has 0 unspecified atom stereocenters. The number of hydrogen-bond donors (Lipinski definition) is 0. The lowest BCUT2D eigenvalue weighted by atomic mass is 9.94. The molecule has 0 aliphatic rings. The Balaban J connectivity index is 2.13. The molecule has 0 radical (unpaired) electrons. The van der Waals surface area contributed by atoms with Gasteiger partial charge in [-0.25, -0.2) is 4.79 Å². The van der Waals surface area contributed by atoms with Gasteiger partial charge in [-0.05, 0) is 46.4 Å². The Hall–Kier alpha value is -2.87. The van der Waals surface area contributed by atoms with Crippen LogP contribution in [0.5, 0.6) is 0 Å². The van der Waals surface area contributed by atoms with E-state index < -0.39 is 0 Å². The summed E-state index contributed by atoms with van der Waals surface area (Å²) in [6, 6.07) is 24.4. The molecule has 2 nitrogen and oxygen atoms in total. The number of carbonyl (C=O) groups is 1. The van der Waals surface area contributed by atoms with Gasteiger partial charge in [0.2, 0.25) is 0 Å². The number of benzene rings is 3. The first kappa shape index (κ1) is 16.0. The molecule has 0 bridgehead atoms. The van der Waals surface area contributed by atoms with Crippen LogP contribution in [0.3, 0.4) is 0 Å². The highest BCUT2D eigenvalue weighted by Crippen LogP contribution is 2.30. The molecule has 0 saturated carbocycles. The van der Waals surface area contributed by atoms with Gasteiger partial charge in [0, 0.05) is 0 Å². The predicted octanol–water partition coefficient (Wildman–Crippen LogP) is 5.37. The van der Waals surface area contributed by atoms with Crippen LogP contribution in [0.4, 0.5) is 0 Å². The fraction of sp³-hybridized carbons (Fsp3) is 0.136. The molecule has 3 aromatic carbocycles. The molecule has 3 aromatic rings. The monoisotopic (exact) mass is 316 g/mol. The van der Waals surface area contributed by atoms with Gasteiger partial charge in [-0.15, -0.1) is 0 Å². The van der Waals surface area contributed by atoms with Gasteiger partial charge in [-0.3, -0.25) is 0 Å². The molecule has 0 amide bonds. The molecule has 2 heteroatoms. The zero-order chi connectivity index (χ0) is 16.9. The number of ether oxygens (including phenoxy) is 1. The zero-order valence-electron chi connectivity index (χ0n) is 14.0. The first-order chi connectivity index (χ1) is 11.7. The van der Waals surface area contributed by atoms with Crippen molar-refractivity contribution in [1.82, 2.24) is 0 Å². The van der Waals surface area contributed by atoms with E-state index in [0.29, 0.717) is 5.56 Å². The third-order valence-electron chi connectivity index (χ3n) is 4.21. The highest BCUT2D eigenvalue weighted by atomic mass is 16.5. The highest BCUT2D eigenvalue weighted by molar-refractivity contribution is 5.98. The van der Waals surface area contributed by atoms with Crippen LogP contribution < -0.4 is 0 Å². The molecule has 0 N–H and O–H groups in total. The summed E-state index contributed by atoms with van der Waals surface area (Å²) in [5.41, 5.74) is 5.98. The van der Waals surface area contributed by atoms with Crippen molar-refractivity contribution >= 4 is 5.97 Å².